The smallest absolute Gasteiger partial charge is 0.255 e. The molecule has 0 atom stereocenters. The molecule has 5 heteroatoms. The van der Waals surface area contributed by atoms with E-state index < -0.39 is 0 Å². The fourth-order valence-electron chi connectivity index (χ4n) is 2.35. The molecule has 2 rings (SSSR count). The maximum absolute atomic E-state index is 12.5. The van der Waals surface area contributed by atoms with Gasteiger partial charge in [0.2, 0.25) is 0 Å². The highest BCUT2D eigenvalue weighted by atomic mass is 16.2. The standard InChI is InChI=1S/C15H22N4O/c1-6-7-8-18(4)15(20)13-9-12-11(3)17-19(5)14(12)16-10(13)2/h9H,6-8H2,1-5H3. The number of hydrogen-bond donors (Lipinski definition) is 0. The largest absolute Gasteiger partial charge is 0.342 e. The molecule has 2 aromatic rings. The van der Waals surface area contributed by atoms with E-state index in [0.717, 1.165) is 41.8 Å². The second kappa shape index (κ2) is 5.61. The number of unbranched alkanes of at least 4 members (excludes halogenated alkanes) is 1. The van der Waals surface area contributed by atoms with E-state index in [9.17, 15) is 4.79 Å². The molecule has 108 valence electrons. The lowest BCUT2D eigenvalue weighted by molar-refractivity contribution is 0.0792. The molecule has 0 radical (unpaired) electrons. The van der Waals surface area contributed by atoms with Crippen LogP contribution in [0.3, 0.4) is 0 Å². The fourth-order valence-corrected chi connectivity index (χ4v) is 2.35. The Labute approximate surface area is 119 Å². The van der Waals surface area contributed by atoms with Gasteiger partial charge in [0.15, 0.2) is 5.65 Å². The van der Waals surface area contributed by atoms with Crippen molar-refractivity contribution < 1.29 is 4.79 Å². The number of fused-ring (bicyclic) bond motifs is 1. The third kappa shape index (κ3) is 2.53. The van der Waals surface area contributed by atoms with Gasteiger partial charge in [-0.25, -0.2) is 4.98 Å². The third-order valence-corrected chi connectivity index (χ3v) is 3.61. The van der Waals surface area contributed by atoms with Gasteiger partial charge in [-0.3, -0.25) is 9.48 Å². The summed E-state index contributed by atoms with van der Waals surface area (Å²) in [6, 6.07) is 1.92. The second-order valence-electron chi connectivity index (χ2n) is 5.28. The van der Waals surface area contributed by atoms with Crippen molar-refractivity contribution in [2.45, 2.75) is 33.6 Å². The van der Waals surface area contributed by atoms with Gasteiger partial charge in [0.25, 0.3) is 5.91 Å². The second-order valence-corrected chi connectivity index (χ2v) is 5.28. The number of aryl methyl sites for hydroxylation is 3. The van der Waals surface area contributed by atoms with Crippen molar-refractivity contribution in [2.24, 2.45) is 7.05 Å². The van der Waals surface area contributed by atoms with Gasteiger partial charge in [0.05, 0.1) is 17.0 Å². The summed E-state index contributed by atoms with van der Waals surface area (Å²) >= 11 is 0. The van der Waals surface area contributed by atoms with Crippen LogP contribution in [0.1, 0.15) is 41.5 Å². The van der Waals surface area contributed by atoms with Crippen molar-refractivity contribution in [3.63, 3.8) is 0 Å². The molecule has 5 nitrogen and oxygen atoms in total. The Bertz CT molecular complexity index is 645. The molecule has 0 aliphatic rings. The first kappa shape index (κ1) is 14.5. The van der Waals surface area contributed by atoms with Crippen LogP contribution >= 0.6 is 0 Å². The lowest BCUT2D eigenvalue weighted by Gasteiger charge is -2.17. The SMILES string of the molecule is CCCCN(C)C(=O)c1cc2c(C)nn(C)c2nc1C. The predicted octanol–water partition coefficient (Wildman–Crippen LogP) is 2.46. The summed E-state index contributed by atoms with van der Waals surface area (Å²) in [6.07, 6.45) is 2.10. The molecule has 0 bridgehead atoms. The molecule has 1 amide bonds. The van der Waals surface area contributed by atoms with Gasteiger partial charge in [-0.2, -0.15) is 5.10 Å². The number of carbonyl (C=O) groups excluding carboxylic acids is 1. The van der Waals surface area contributed by atoms with Crippen LogP contribution < -0.4 is 0 Å². The number of aromatic nitrogens is 3. The Morgan fingerprint density at radius 2 is 2.05 bits per heavy atom. The van der Waals surface area contributed by atoms with Crippen LogP contribution in [0, 0.1) is 13.8 Å². The van der Waals surface area contributed by atoms with Crippen molar-refractivity contribution in [1.29, 1.82) is 0 Å². The van der Waals surface area contributed by atoms with Gasteiger partial charge >= 0.3 is 0 Å². The minimum Gasteiger partial charge on any atom is -0.342 e. The summed E-state index contributed by atoms with van der Waals surface area (Å²) in [5, 5.41) is 5.30. The molecular weight excluding hydrogens is 252 g/mol. The molecule has 0 aliphatic carbocycles. The Morgan fingerprint density at radius 3 is 2.70 bits per heavy atom. The highest BCUT2D eigenvalue weighted by molar-refractivity contribution is 5.98. The molecule has 2 heterocycles. The molecular formula is C15H22N4O. The first-order valence-corrected chi connectivity index (χ1v) is 7.02. The fraction of sp³-hybridized carbons (Fsp3) is 0.533. The van der Waals surface area contributed by atoms with E-state index in [1.165, 1.54) is 0 Å². The Balaban J connectivity index is 2.41. The summed E-state index contributed by atoms with van der Waals surface area (Å²) in [7, 11) is 3.72. The summed E-state index contributed by atoms with van der Waals surface area (Å²) in [5.41, 5.74) is 3.16. The van der Waals surface area contributed by atoms with E-state index in [1.807, 2.05) is 34.0 Å². The minimum atomic E-state index is 0.0357. The van der Waals surface area contributed by atoms with Crippen LogP contribution in [0.4, 0.5) is 0 Å². The summed E-state index contributed by atoms with van der Waals surface area (Å²) < 4.78 is 1.76. The average Bonchev–Trinajstić information content (AvgIpc) is 2.69. The zero-order valence-corrected chi connectivity index (χ0v) is 12.9. The highest BCUT2D eigenvalue weighted by Gasteiger charge is 2.18. The Hall–Kier alpha value is -1.91. The first-order valence-electron chi connectivity index (χ1n) is 7.02. The van der Waals surface area contributed by atoms with Gasteiger partial charge in [0.1, 0.15) is 0 Å². The Kier molecular flexibility index (Phi) is 4.06. The molecule has 20 heavy (non-hydrogen) atoms. The highest BCUT2D eigenvalue weighted by Crippen LogP contribution is 2.20. The van der Waals surface area contributed by atoms with Gasteiger partial charge in [0, 0.05) is 26.0 Å². The normalized spacial score (nSPS) is 11.1. The maximum atomic E-state index is 12.5. The van der Waals surface area contributed by atoms with Gasteiger partial charge in [-0.05, 0) is 26.3 Å². The zero-order valence-electron chi connectivity index (χ0n) is 12.9. The number of hydrogen-bond acceptors (Lipinski definition) is 3. The van der Waals surface area contributed by atoms with E-state index in [2.05, 4.69) is 17.0 Å². The van der Waals surface area contributed by atoms with Crippen LogP contribution in [0.2, 0.25) is 0 Å². The lowest BCUT2D eigenvalue weighted by atomic mass is 10.1. The summed E-state index contributed by atoms with van der Waals surface area (Å²) in [6.45, 7) is 6.71. The van der Waals surface area contributed by atoms with E-state index in [4.69, 9.17) is 0 Å². The molecule has 0 N–H and O–H groups in total. The van der Waals surface area contributed by atoms with Crippen molar-refractivity contribution in [2.75, 3.05) is 13.6 Å². The molecule has 2 aromatic heterocycles. The molecule has 0 spiro atoms. The molecule has 0 saturated carbocycles. The number of carbonyl (C=O) groups is 1. The van der Waals surface area contributed by atoms with Crippen molar-refractivity contribution in [3.05, 3.63) is 23.0 Å². The van der Waals surface area contributed by atoms with Gasteiger partial charge in [-0.1, -0.05) is 13.3 Å². The maximum Gasteiger partial charge on any atom is 0.255 e. The van der Waals surface area contributed by atoms with Gasteiger partial charge in [-0.15, -0.1) is 0 Å². The van der Waals surface area contributed by atoms with Crippen molar-refractivity contribution >= 4 is 16.9 Å². The predicted molar refractivity (Wildman–Crippen MR) is 79.9 cm³/mol. The number of amides is 1. The average molecular weight is 274 g/mol. The lowest BCUT2D eigenvalue weighted by Crippen LogP contribution is -2.28. The molecule has 0 saturated heterocycles. The van der Waals surface area contributed by atoms with Crippen LogP contribution in [0.15, 0.2) is 6.07 Å². The van der Waals surface area contributed by atoms with E-state index in [1.54, 1.807) is 9.58 Å². The molecule has 0 fully saturated rings. The summed E-state index contributed by atoms with van der Waals surface area (Å²) in [5.74, 6) is 0.0357. The number of pyridine rings is 1. The first-order chi connectivity index (χ1) is 9.45. The zero-order chi connectivity index (χ0) is 14.9. The molecule has 0 unspecified atom stereocenters. The number of rotatable bonds is 4. The Morgan fingerprint density at radius 1 is 1.35 bits per heavy atom. The third-order valence-electron chi connectivity index (χ3n) is 3.61. The molecule has 0 aromatic carbocycles. The monoisotopic (exact) mass is 274 g/mol. The summed E-state index contributed by atoms with van der Waals surface area (Å²) in [4.78, 5) is 18.8. The van der Waals surface area contributed by atoms with Crippen LogP contribution in [-0.4, -0.2) is 39.2 Å². The minimum absolute atomic E-state index is 0.0357. The van der Waals surface area contributed by atoms with Crippen LogP contribution in [0.5, 0.6) is 0 Å². The van der Waals surface area contributed by atoms with E-state index >= 15 is 0 Å². The van der Waals surface area contributed by atoms with Gasteiger partial charge < -0.3 is 4.90 Å². The molecule has 0 aliphatic heterocycles. The quantitative estimate of drug-likeness (QED) is 0.860. The van der Waals surface area contributed by atoms with Crippen molar-refractivity contribution in [3.8, 4) is 0 Å². The van der Waals surface area contributed by atoms with Crippen molar-refractivity contribution in [1.82, 2.24) is 19.7 Å². The van der Waals surface area contributed by atoms with Crippen LogP contribution in [0.25, 0.3) is 11.0 Å². The van der Waals surface area contributed by atoms with E-state index in [0.29, 0.717) is 5.56 Å². The topological polar surface area (TPSA) is 51.0 Å². The van der Waals surface area contributed by atoms with E-state index in [-0.39, 0.29) is 5.91 Å². The number of nitrogens with zero attached hydrogens (tertiary/aromatic N) is 4. The van der Waals surface area contributed by atoms with Crippen LogP contribution in [-0.2, 0) is 7.05 Å².